The Morgan fingerprint density at radius 2 is 2.20 bits per heavy atom. The number of nitrogens with zero attached hydrogens (tertiary/aromatic N) is 2. The maximum atomic E-state index is 10.8. The zero-order valence-electron chi connectivity index (χ0n) is 7.64. The molecule has 0 spiro atoms. The zero-order valence-corrected chi connectivity index (χ0v) is 11.7. The third kappa shape index (κ3) is 5.30. The van der Waals surface area contributed by atoms with Gasteiger partial charge in [-0.2, -0.15) is 0 Å². The van der Waals surface area contributed by atoms with Gasteiger partial charge in [0.15, 0.2) is 8.68 Å². The molecule has 0 N–H and O–H groups in total. The number of carbonyl (C=O) groups is 1. The summed E-state index contributed by atoms with van der Waals surface area (Å²) in [6.07, 6.45) is 0. The number of hydrogen-bond acceptors (Lipinski definition) is 8. The van der Waals surface area contributed by atoms with Crippen LogP contribution >= 0.6 is 56.5 Å². The molecule has 0 aliphatic heterocycles. The molecular formula is C6H7ClN2O2S4. The van der Waals surface area contributed by atoms with Gasteiger partial charge in [-0.25, -0.2) is 4.79 Å². The summed E-state index contributed by atoms with van der Waals surface area (Å²) in [4.78, 5) is 10.8. The lowest BCUT2D eigenvalue weighted by molar-refractivity contribution is 0.200. The summed E-state index contributed by atoms with van der Waals surface area (Å²) in [6, 6.07) is 0. The van der Waals surface area contributed by atoms with Gasteiger partial charge >= 0.3 is 5.30 Å². The predicted molar refractivity (Wildman–Crippen MR) is 67.2 cm³/mol. The van der Waals surface area contributed by atoms with Gasteiger partial charge in [0.05, 0.1) is 7.11 Å². The molecule has 0 saturated carbocycles. The van der Waals surface area contributed by atoms with Crippen LogP contribution in [-0.2, 0) is 4.74 Å². The Hall–Kier alpha value is 0.370. The number of halogens is 1. The van der Waals surface area contributed by atoms with Crippen LogP contribution < -0.4 is 0 Å². The van der Waals surface area contributed by atoms with Gasteiger partial charge in [0, 0.05) is 22.5 Å². The van der Waals surface area contributed by atoms with Crippen molar-refractivity contribution in [1.82, 2.24) is 10.2 Å². The predicted octanol–water partition coefficient (Wildman–Crippen LogP) is 3.38. The summed E-state index contributed by atoms with van der Waals surface area (Å²) in [6.45, 7) is 0. The van der Waals surface area contributed by atoms with Crippen LogP contribution in [0, 0.1) is 0 Å². The van der Waals surface area contributed by atoms with Crippen molar-refractivity contribution in [3.63, 3.8) is 0 Å². The van der Waals surface area contributed by atoms with Crippen molar-refractivity contribution in [3.05, 3.63) is 0 Å². The highest BCUT2D eigenvalue weighted by molar-refractivity contribution is 8.22. The average molecular weight is 303 g/mol. The van der Waals surface area contributed by atoms with Crippen molar-refractivity contribution in [1.29, 1.82) is 0 Å². The number of aromatic nitrogens is 2. The van der Waals surface area contributed by atoms with Gasteiger partial charge in [-0.05, 0) is 22.4 Å². The molecule has 0 saturated heterocycles. The van der Waals surface area contributed by atoms with E-state index in [2.05, 4.69) is 14.9 Å². The molecule has 0 amide bonds. The van der Waals surface area contributed by atoms with Crippen molar-refractivity contribution in [2.24, 2.45) is 0 Å². The second kappa shape index (κ2) is 7.61. The number of carbonyl (C=O) groups excluding carboxylic acids is 1. The van der Waals surface area contributed by atoms with Gasteiger partial charge in [-0.3, -0.25) is 0 Å². The topological polar surface area (TPSA) is 52.1 Å². The highest BCUT2D eigenvalue weighted by atomic mass is 35.7. The van der Waals surface area contributed by atoms with Gasteiger partial charge in [0.1, 0.15) is 0 Å². The first kappa shape index (κ1) is 13.4. The van der Waals surface area contributed by atoms with E-state index in [0.29, 0.717) is 5.75 Å². The molecule has 0 unspecified atom stereocenters. The molecule has 1 rings (SSSR count). The molecule has 0 radical (unpaired) electrons. The SMILES string of the molecule is COC(=O)SCCSc1nnc(SCl)s1. The second-order valence-corrected chi connectivity index (χ2v) is 6.67. The van der Waals surface area contributed by atoms with E-state index >= 15 is 0 Å². The smallest absolute Gasteiger partial charge is 0.367 e. The Bertz CT molecular complexity index is 322. The van der Waals surface area contributed by atoms with Gasteiger partial charge < -0.3 is 4.74 Å². The van der Waals surface area contributed by atoms with Crippen molar-refractivity contribution in [2.45, 2.75) is 8.68 Å². The molecule has 0 bridgehead atoms. The standard InChI is InChI=1S/C6H7ClN2O2S4/c1-11-6(10)13-3-2-12-4-8-9-5(14-4)15-7/h2-3H2,1H3. The van der Waals surface area contributed by atoms with Crippen molar-refractivity contribution >= 4 is 61.8 Å². The van der Waals surface area contributed by atoms with E-state index in [4.69, 9.17) is 10.7 Å². The Morgan fingerprint density at radius 1 is 1.47 bits per heavy atom. The Kier molecular flexibility index (Phi) is 6.82. The summed E-state index contributed by atoms with van der Waals surface area (Å²) in [5.74, 6) is 1.49. The van der Waals surface area contributed by atoms with Gasteiger partial charge in [-0.15, -0.1) is 10.2 Å². The molecule has 0 fully saturated rings. The van der Waals surface area contributed by atoms with Crippen molar-refractivity contribution in [3.8, 4) is 0 Å². The molecule has 0 aliphatic carbocycles. The Balaban J connectivity index is 2.17. The van der Waals surface area contributed by atoms with Crippen LogP contribution in [0.1, 0.15) is 0 Å². The van der Waals surface area contributed by atoms with Crippen LogP contribution in [0.4, 0.5) is 4.79 Å². The number of ether oxygens (including phenoxy) is 1. The first-order valence-electron chi connectivity index (χ1n) is 3.72. The lowest BCUT2D eigenvalue weighted by Crippen LogP contribution is -1.94. The molecule has 9 heteroatoms. The van der Waals surface area contributed by atoms with Crippen LogP contribution in [0.2, 0.25) is 0 Å². The number of methoxy groups -OCH3 is 1. The second-order valence-electron chi connectivity index (χ2n) is 2.06. The third-order valence-corrected chi connectivity index (χ3v) is 5.50. The average Bonchev–Trinajstić information content (AvgIpc) is 2.72. The molecule has 15 heavy (non-hydrogen) atoms. The maximum Gasteiger partial charge on any atom is 0.367 e. The quantitative estimate of drug-likeness (QED) is 0.469. The summed E-state index contributed by atoms with van der Waals surface area (Å²) < 4.78 is 6.09. The van der Waals surface area contributed by atoms with E-state index in [1.54, 1.807) is 11.8 Å². The first-order valence-corrected chi connectivity index (χ1v) is 8.15. The fraction of sp³-hybridized carbons (Fsp3) is 0.500. The summed E-state index contributed by atoms with van der Waals surface area (Å²) in [5, 5.41) is 7.51. The highest BCUT2D eigenvalue weighted by Crippen LogP contribution is 2.30. The molecule has 0 atom stereocenters. The lowest BCUT2D eigenvalue weighted by atomic mass is 11.0. The van der Waals surface area contributed by atoms with Crippen molar-refractivity contribution in [2.75, 3.05) is 18.6 Å². The van der Waals surface area contributed by atoms with E-state index in [9.17, 15) is 4.79 Å². The van der Waals surface area contributed by atoms with Gasteiger partial charge in [-0.1, -0.05) is 23.1 Å². The minimum absolute atomic E-state index is 0.259. The van der Waals surface area contributed by atoms with Crippen LogP contribution in [0.5, 0.6) is 0 Å². The van der Waals surface area contributed by atoms with Crippen molar-refractivity contribution < 1.29 is 9.53 Å². The number of rotatable bonds is 5. The van der Waals surface area contributed by atoms with Crippen LogP contribution in [0.15, 0.2) is 8.68 Å². The maximum absolute atomic E-state index is 10.8. The van der Waals surface area contributed by atoms with E-state index in [0.717, 1.165) is 37.2 Å². The Labute approximate surface area is 108 Å². The first-order chi connectivity index (χ1) is 7.26. The Morgan fingerprint density at radius 3 is 2.80 bits per heavy atom. The fourth-order valence-corrected chi connectivity index (χ4v) is 3.83. The summed E-state index contributed by atoms with van der Waals surface area (Å²) in [7, 11) is 7.95. The van der Waals surface area contributed by atoms with Crippen LogP contribution in [0.3, 0.4) is 0 Å². The molecule has 0 aromatic carbocycles. The molecular weight excluding hydrogens is 296 g/mol. The van der Waals surface area contributed by atoms with E-state index in [1.807, 2.05) is 0 Å². The molecule has 1 heterocycles. The molecule has 0 aliphatic rings. The van der Waals surface area contributed by atoms with Gasteiger partial charge in [0.2, 0.25) is 0 Å². The van der Waals surface area contributed by atoms with Crippen LogP contribution in [0.25, 0.3) is 0 Å². The minimum Gasteiger partial charge on any atom is -0.461 e. The van der Waals surface area contributed by atoms with Crippen LogP contribution in [-0.4, -0.2) is 34.1 Å². The van der Waals surface area contributed by atoms with Gasteiger partial charge in [0.25, 0.3) is 0 Å². The largest absolute Gasteiger partial charge is 0.461 e. The highest BCUT2D eigenvalue weighted by Gasteiger charge is 2.05. The van der Waals surface area contributed by atoms with E-state index < -0.39 is 0 Å². The summed E-state index contributed by atoms with van der Waals surface area (Å²) >= 11 is 4.15. The van der Waals surface area contributed by atoms with E-state index in [-0.39, 0.29) is 5.30 Å². The molecule has 4 nitrogen and oxygen atoms in total. The molecule has 1 aromatic heterocycles. The van der Waals surface area contributed by atoms with E-state index in [1.165, 1.54) is 18.4 Å². The zero-order chi connectivity index (χ0) is 11.1. The number of hydrogen-bond donors (Lipinski definition) is 0. The minimum atomic E-state index is -0.259. The fourth-order valence-electron chi connectivity index (χ4n) is 0.600. The third-order valence-electron chi connectivity index (χ3n) is 1.15. The summed E-state index contributed by atoms with van der Waals surface area (Å²) in [5.41, 5.74) is 0. The lowest BCUT2D eigenvalue weighted by Gasteiger charge is -1.96. The normalized spacial score (nSPS) is 10.3. The molecule has 1 aromatic rings. The number of thioether (sulfide) groups is 2. The monoisotopic (exact) mass is 302 g/mol. The molecule has 84 valence electrons.